The molecule has 0 saturated heterocycles. The van der Waals surface area contributed by atoms with Crippen LogP contribution < -0.4 is 5.32 Å². The van der Waals surface area contributed by atoms with Gasteiger partial charge in [-0.1, -0.05) is 11.6 Å². The zero-order chi connectivity index (χ0) is 15.3. The lowest BCUT2D eigenvalue weighted by atomic mass is 10.3. The first kappa shape index (κ1) is 13.7. The number of carbonyl (C=O) groups excluding carboxylic acids is 1. The summed E-state index contributed by atoms with van der Waals surface area (Å²) in [5.74, 6) is -0.477. The number of nitrogens with zero attached hydrogens (tertiary/aromatic N) is 2. The summed E-state index contributed by atoms with van der Waals surface area (Å²) >= 11 is 7.35. The Hall–Kier alpha value is -1.92. The molecule has 1 N–H and O–H groups in total. The molecule has 7 heteroatoms. The van der Waals surface area contributed by atoms with Crippen molar-refractivity contribution >= 4 is 39.9 Å². The van der Waals surface area contributed by atoms with Crippen molar-refractivity contribution in [1.82, 2.24) is 14.9 Å². The number of thiophene rings is 1. The van der Waals surface area contributed by atoms with Crippen LogP contribution in [0, 0.1) is 5.82 Å². The summed E-state index contributed by atoms with van der Waals surface area (Å²) in [6.45, 7) is 0. The molecule has 4 rings (SSSR count). The van der Waals surface area contributed by atoms with E-state index in [1.54, 1.807) is 17.0 Å². The summed E-state index contributed by atoms with van der Waals surface area (Å²) in [5.41, 5.74) is 1.13. The molecular weight excluding hydrogens is 325 g/mol. The normalized spacial score (nSPS) is 14.5. The van der Waals surface area contributed by atoms with E-state index in [1.165, 1.54) is 23.5 Å². The highest BCUT2D eigenvalue weighted by atomic mass is 35.5. The van der Waals surface area contributed by atoms with Gasteiger partial charge in [-0.15, -0.1) is 11.3 Å². The van der Waals surface area contributed by atoms with Gasteiger partial charge >= 0.3 is 0 Å². The van der Waals surface area contributed by atoms with Gasteiger partial charge < -0.3 is 5.32 Å². The summed E-state index contributed by atoms with van der Waals surface area (Å²) in [5, 5.41) is 4.02. The van der Waals surface area contributed by atoms with Crippen molar-refractivity contribution in [3.05, 3.63) is 46.3 Å². The van der Waals surface area contributed by atoms with Crippen LogP contribution in [0.25, 0.3) is 16.0 Å². The van der Waals surface area contributed by atoms with Crippen LogP contribution in [0.2, 0.25) is 5.02 Å². The summed E-state index contributed by atoms with van der Waals surface area (Å²) < 4.78 is 15.3. The molecule has 2 heterocycles. The molecule has 2 aromatic heterocycles. The zero-order valence-corrected chi connectivity index (χ0v) is 12.9. The van der Waals surface area contributed by atoms with Crippen LogP contribution in [-0.2, 0) is 0 Å². The fourth-order valence-corrected chi connectivity index (χ4v) is 3.42. The van der Waals surface area contributed by atoms with Crippen molar-refractivity contribution in [1.29, 1.82) is 0 Å². The minimum atomic E-state index is -0.414. The Balaban J connectivity index is 1.73. The predicted octanol–water partition coefficient (Wildman–Crippen LogP) is 3.77. The maximum atomic E-state index is 13.6. The molecule has 1 aliphatic rings. The van der Waals surface area contributed by atoms with E-state index < -0.39 is 5.82 Å². The molecule has 0 atom stereocenters. The average Bonchev–Trinajstić information content (AvgIpc) is 3.00. The lowest BCUT2D eigenvalue weighted by molar-refractivity contribution is 0.0955. The smallest absolute Gasteiger partial charge is 0.261 e. The first-order chi connectivity index (χ1) is 10.6. The minimum absolute atomic E-state index is 0.0626. The van der Waals surface area contributed by atoms with Crippen LogP contribution in [-0.4, -0.2) is 21.5 Å². The van der Waals surface area contributed by atoms with Gasteiger partial charge in [-0.05, 0) is 31.0 Å². The van der Waals surface area contributed by atoms with E-state index in [0.29, 0.717) is 22.0 Å². The lowest BCUT2D eigenvalue weighted by Gasteiger charge is -2.02. The van der Waals surface area contributed by atoms with Crippen LogP contribution in [0.15, 0.2) is 30.6 Å². The second kappa shape index (κ2) is 5.07. The second-order valence-corrected chi connectivity index (χ2v) is 6.72. The van der Waals surface area contributed by atoms with Crippen molar-refractivity contribution < 1.29 is 9.18 Å². The van der Waals surface area contributed by atoms with Crippen LogP contribution in [0.4, 0.5) is 4.39 Å². The third kappa shape index (κ3) is 2.38. The van der Waals surface area contributed by atoms with Crippen molar-refractivity contribution in [3.63, 3.8) is 0 Å². The molecule has 22 heavy (non-hydrogen) atoms. The van der Waals surface area contributed by atoms with E-state index in [1.807, 2.05) is 6.07 Å². The maximum absolute atomic E-state index is 13.6. The first-order valence-corrected chi connectivity index (χ1v) is 8.04. The molecule has 1 aromatic carbocycles. The number of nitrogens with one attached hydrogen (secondary N) is 1. The van der Waals surface area contributed by atoms with Crippen LogP contribution in [0.1, 0.15) is 22.5 Å². The van der Waals surface area contributed by atoms with E-state index in [9.17, 15) is 9.18 Å². The molecule has 112 valence electrons. The molecule has 0 aliphatic heterocycles. The summed E-state index contributed by atoms with van der Waals surface area (Å²) in [6.07, 6.45) is 3.69. The Morgan fingerprint density at radius 1 is 1.41 bits per heavy atom. The van der Waals surface area contributed by atoms with Crippen LogP contribution >= 0.6 is 22.9 Å². The van der Waals surface area contributed by atoms with E-state index in [-0.39, 0.29) is 10.9 Å². The number of benzene rings is 1. The zero-order valence-electron chi connectivity index (χ0n) is 11.3. The molecule has 3 aromatic rings. The number of rotatable bonds is 3. The number of imidazole rings is 1. The molecule has 0 unspecified atom stereocenters. The van der Waals surface area contributed by atoms with Crippen molar-refractivity contribution in [2.45, 2.75) is 18.9 Å². The third-order valence-corrected chi connectivity index (χ3v) is 4.91. The SMILES string of the molecule is O=C(NC1CC1)c1ccc(-n2cnc3c(Cl)cc(F)cc32)s1. The van der Waals surface area contributed by atoms with Gasteiger partial charge in [-0.3, -0.25) is 9.36 Å². The van der Waals surface area contributed by atoms with Gasteiger partial charge in [-0.2, -0.15) is 0 Å². The number of fused-ring (bicyclic) bond motifs is 1. The number of carbonyl (C=O) groups is 1. The Morgan fingerprint density at radius 3 is 3.00 bits per heavy atom. The van der Waals surface area contributed by atoms with Crippen LogP contribution in [0.3, 0.4) is 0 Å². The van der Waals surface area contributed by atoms with Gasteiger partial charge in [0.2, 0.25) is 0 Å². The molecule has 1 fully saturated rings. The molecule has 0 spiro atoms. The Morgan fingerprint density at radius 2 is 2.23 bits per heavy atom. The maximum Gasteiger partial charge on any atom is 0.261 e. The third-order valence-electron chi connectivity index (χ3n) is 3.54. The molecule has 1 aliphatic carbocycles. The Labute approximate surface area is 134 Å². The molecule has 0 radical (unpaired) electrons. The molecule has 1 amide bonds. The summed E-state index contributed by atoms with van der Waals surface area (Å²) in [4.78, 5) is 16.9. The second-order valence-electron chi connectivity index (χ2n) is 5.26. The molecule has 0 bridgehead atoms. The average molecular weight is 336 g/mol. The number of aromatic nitrogens is 2. The van der Waals surface area contributed by atoms with Gasteiger partial charge in [0, 0.05) is 12.1 Å². The van der Waals surface area contributed by atoms with Gasteiger partial charge in [0.15, 0.2) is 0 Å². The van der Waals surface area contributed by atoms with E-state index in [0.717, 1.165) is 17.8 Å². The van der Waals surface area contributed by atoms with E-state index in [2.05, 4.69) is 10.3 Å². The quantitative estimate of drug-likeness (QED) is 0.792. The Kier molecular flexibility index (Phi) is 3.16. The number of hydrogen-bond donors (Lipinski definition) is 1. The van der Waals surface area contributed by atoms with Crippen LogP contribution in [0.5, 0.6) is 0 Å². The highest BCUT2D eigenvalue weighted by Gasteiger charge is 2.24. The van der Waals surface area contributed by atoms with E-state index >= 15 is 0 Å². The number of halogens is 2. The highest BCUT2D eigenvalue weighted by molar-refractivity contribution is 7.16. The van der Waals surface area contributed by atoms with E-state index in [4.69, 9.17) is 11.6 Å². The van der Waals surface area contributed by atoms with Gasteiger partial charge in [0.05, 0.1) is 15.4 Å². The lowest BCUT2D eigenvalue weighted by Crippen LogP contribution is -2.24. The molecular formula is C15H11ClFN3OS. The number of hydrogen-bond acceptors (Lipinski definition) is 3. The largest absolute Gasteiger partial charge is 0.349 e. The molecule has 1 saturated carbocycles. The van der Waals surface area contributed by atoms with Gasteiger partial charge in [0.25, 0.3) is 5.91 Å². The molecule has 4 nitrogen and oxygen atoms in total. The number of amides is 1. The van der Waals surface area contributed by atoms with Gasteiger partial charge in [-0.25, -0.2) is 9.37 Å². The monoisotopic (exact) mass is 335 g/mol. The summed E-state index contributed by atoms with van der Waals surface area (Å²) in [6, 6.07) is 6.54. The fraction of sp³-hybridized carbons (Fsp3) is 0.200. The topological polar surface area (TPSA) is 46.9 Å². The summed E-state index contributed by atoms with van der Waals surface area (Å²) in [7, 11) is 0. The predicted molar refractivity (Wildman–Crippen MR) is 84.4 cm³/mol. The van der Waals surface area contributed by atoms with Gasteiger partial charge in [0.1, 0.15) is 22.7 Å². The van der Waals surface area contributed by atoms with Crippen molar-refractivity contribution in [2.24, 2.45) is 0 Å². The standard InChI is InChI=1S/C15H11ClFN3OS/c16-10-5-8(17)6-11-14(10)18-7-20(11)13-4-3-12(22-13)15(21)19-9-1-2-9/h3-7,9H,1-2H2,(H,19,21). The van der Waals surface area contributed by atoms with Crippen molar-refractivity contribution in [3.8, 4) is 5.00 Å². The first-order valence-electron chi connectivity index (χ1n) is 6.85. The van der Waals surface area contributed by atoms with Crippen molar-refractivity contribution in [2.75, 3.05) is 0 Å². The fourth-order valence-electron chi connectivity index (χ4n) is 2.28. The highest BCUT2D eigenvalue weighted by Crippen LogP contribution is 2.29. The Bertz CT molecular complexity index is 884. The minimum Gasteiger partial charge on any atom is -0.349 e.